The molecule has 1 aromatic carbocycles. The Morgan fingerprint density at radius 1 is 1.07 bits per heavy atom. The van der Waals surface area contributed by atoms with Crippen LogP contribution in [0.4, 0.5) is 0 Å². The van der Waals surface area contributed by atoms with E-state index in [1.807, 2.05) is 32.0 Å². The molecule has 0 saturated carbocycles. The fourth-order valence-electron chi connectivity index (χ4n) is 2.81. The summed E-state index contributed by atoms with van der Waals surface area (Å²) in [7, 11) is -5.16. The monoisotopic (exact) mass is 446 g/mol. The first kappa shape index (κ1) is 23.3. The first-order chi connectivity index (χ1) is 12.8. The van der Waals surface area contributed by atoms with E-state index in [0.717, 1.165) is 26.6 Å². The fraction of sp³-hybridized carbons (Fsp3) is 0.579. The molecular formula is C19H31O4PS2Si. The molecule has 0 amide bonds. The largest absolute Gasteiger partial charge is 0.410 e. The van der Waals surface area contributed by atoms with Crippen LogP contribution in [0.25, 0.3) is 0 Å². The Morgan fingerprint density at radius 3 is 2.11 bits per heavy atom. The Balaban J connectivity index is 2.44. The third kappa shape index (κ3) is 7.07. The summed E-state index contributed by atoms with van der Waals surface area (Å²) in [6.07, 6.45) is 0.373. The molecule has 0 spiro atoms. The van der Waals surface area contributed by atoms with Gasteiger partial charge in [0, 0.05) is 17.9 Å². The molecule has 0 radical (unpaired) electrons. The second-order valence-electron chi connectivity index (χ2n) is 7.10. The molecule has 1 aliphatic rings. The van der Waals surface area contributed by atoms with Gasteiger partial charge in [-0.3, -0.25) is 4.57 Å². The lowest BCUT2D eigenvalue weighted by atomic mass is 10.1. The molecule has 1 saturated heterocycles. The van der Waals surface area contributed by atoms with E-state index in [-0.39, 0.29) is 6.10 Å². The highest BCUT2D eigenvalue weighted by atomic mass is 32.2. The normalized spacial score (nSPS) is 16.6. The Kier molecular flexibility index (Phi) is 9.20. The second kappa shape index (κ2) is 10.7. The standard InChI is InChI=1S/C19H31O4PS2Si/c1-6-21-24(20,22-7-2)18(19-25-13-14-26-19)15-17(23-27(3,4)5)16-11-9-8-10-12-16/h8-12,17H,6-7,13-15H2,1-5H3. The van der Waals surface area contributed by atoms with E-state index in [2.05, 4.69) is 31.8 Å². The van der Waals surface area contributed by atoms with Gasteiger partial charge >= 0.3 is 7.60 Å². The highest BCUT2D eigenvalue weighted by molar-refractivity contribution is 8.25. The molecular weight excluding hydrogens is 415 g/mol. The average molecular weight is 447 g/mol. The van der Waals surface area contributed by atoms with Gasteiger partial charge in [0.1, 0.15) is 0 Å². The Bertz CT molecular complexity index is 658. The summed E-state index contributed by atoms with van der Waals surface area (Å²) in [6, 6.07) is 10.2. The van der Waals surface area contributed by atoms with Gasteiger partial charge in [-0.1, -0.05) is 30.3 Å². The third-order valence-electron chi connectivity index (χ3n) is 3.76. The van der Waals surface area contributed by atoms with E-state index in [1.54, 1.807) is 23.5 Å². The van der Waals surface area contributed by atoms with Crippen molar-refractivity contribution in [3.05, 3.63) is 45.4 Å². The SMILES string of the molecule is CCOP(=O)(OCC)C(CC(O[Si](C)(C)C)c1ccccc1)=C1SCCS1. The van der Waals surface area contributed by atoms with E-state index in [0.29, 0.717) is 19.6 Å². The van der Waals surface area contributed by atoms with Crippen LogP contribution >= 0.6 is 31.1 Å². The number of thioether (sulfide) groups is 2. The van der Waals surface area contributed by atoms with Gasteiger partial charge in [-0.25, -0.2) is 0 Å². The molecule has 8 heteroatoms. The van der Waals surface area contributed by atoms with Gasteiger partial charge in [-0.15, -0.1) is 23.5 Å². The van der Waals surface area contributed by atoms with Crippen molar-refractivity contribution in [2.75, 3.05) is 24.7 Å². The highest BCUT2D eigenvalue weighted by Crippen LogP contribution is 2.63. The molecule has 1 unspecified atom stereocenters. The number of hydrogen-bond acceptors (Lipinski definition) is 6. The maximum atomic E-state index is 13.7. The van der Waals surface area contributed by atoms with Crippen LogP contribution in [0.2, 0.25) is 19.6 Å². The molecule has 1 aromatic rings. The Hall–Kier alpha value is -0.0131. The number of rotatable bonds is 10. The van der Waals surface area contributed by atoms with Gasteiger partial charge in [-0.2, -0.15) is 0 Å². The molecule has 152 valence electrons. The van der Waals surface area contributed by atoms with Crippen molar-refractivity contribution in [2.24, 2.45) is 0 Å². The van der Waals surface area contributed by atoms with Crippen LogP contribution in [0.1, 0.15) is 31.9 Å². The van der Waals surface area contributed by atoms with Crippen LogP contribution in [-0.4, -0.2) is 33.0 Å². The maximum Gasteiger partial charge on any atom is 0.359 e. The van der Waals surface area contributed by atoms with Crippen molar-refractivity contribution in [2.45, 2.75) is 46.0 Å². The number of benzene rings is 1. The van der Waals surface area contributed by atoms with Gasteiger partial charge in [-0.05, 0) is 39.1 Å². The molecule has 2 rings (SSSR count). The topological polar surface area (TPSA) is 44.8 Å². The third-order valence-corrected chi connectivity index (χ3v) is 10.1. The first-order valence-electron chi connectivity index (χ1n) is 9.40. The molecule has 0 bridgehead atoms. The summed E-state index contributed by atoms with van der Waals surface area (Å²) in [5.41, 5.74) is 1.10. The number of hydrogen-bond donors (Lipinski definition) is 0. The van der Waals surface area contributed by atoms with Crippen molar-refractivity contribution in [3.8, 4) is 0 Å². The van der Waals surface area contributed by atoms with Crippen molar-refractivity contribution in [1.82, 2.24) is 0 Å². The predicted octanol–water partition coefficient (Wildman–Crippen LogP) is 6.88. The Labute approximate surface area is 173 Å². The molecule has 0 aliphatic carbocycles. The van der Waals surface area contributed by atoms with Crippen LogP contribution < -0.4 is 0 Å². The van der Waals surface area contributed by atoms with Crippen LogP contribution in [0.3, 0.4) is 0 Å². The minimum Gasteiger partial charge on any atom is -0.410 e. The molecule has 0 N–H and O–H groups in total. The Morgan fingerprint density at radius 2 is 1.63 bits per heavy atom. The lowest BCUT2D eigenvalue weighted by Gasteiger charge is -2.30. The second-order valence-corrected chi connectivity index (χ2v) is 16.1. The van der Waals surface area contributed by atoms with Crippen molar-refractivity contribution >= 4 is 39.4 Å². The highest BCUT2D eigenvalue weighted by Gasteiger charge is 2.37. The van der Waals surface area contributed by atoms with E-state index in [9.17, 15) is 4.57 Å². The molecule has 1 aliphatic heterocycles. The zero-order valence-electron chi connectivity index (χ0n) is 16.9. The minimum atomic E-state index is -3.35. The molecule has 1 atom stereocenters. The summed E-state index contributed by atoms with van der Waals surface area (Å²) >= 11 is 3.50. The van der Waals surface area contributed by atoms with E-state index in [1.165, 1.54) is 0 Å². The predicted molar refractivity (Wildman–Crippen MR) is 121 cm³/mol. The average Bonchev–Trinajstić information content (AvgIpc) is 3.12. The summed E-state index contributed by atoms with van der Waals surface area (Å²) in [5.74, 6) is 2.04. The van der Waals surface area contributed by atoms with Crippen molar-refractivity contribution < 1.29 is 18.0 Å². The zero-order chi connectivity index (χ0) is 19.9. The lowest BCUT2D eigenvalue weighted by Crippen LogP contribution is -2.28. The minimum absolute atomic E-state index is 0.156. The smallest absolute Gasteiger partial charge is 0.359 e. The molecule has 1 fully saturated rings. The molecule has 4 nitrogen and oxygen atoms in total. The van der Waals surface area contributed by atoms with E-state index in [4.69, 9.17) is 13.5 Å². The van der Waals surface area contributed by atoms with E-state index < -0.39 is 15.9 Å². The molecule has 1 heterocycles. The fourth-order valence-corrected chi connectivity index (χ4v) is 9.00. The van der Waals surface area contributed by atoms with Crippen molar-refractivity contribution in [3.63, 3.8) is 0 Å². The van der Waals surface area contributed by atoms with E-state index >= 15 is 0 Å². The quantitative estimate of drug-likeness (QED) is 0.288. The zero-order valence-corrected chi connectivity index (χ0v) is 20.4. The molecule has 0 aromatic heterocycles. The van der Waals surface area contributed by atoms with Gasteiger partial charge in [0.15, 0.2) is 8.32 Å². The van der Waals surface area contributed by atoms with Gasteiger partial charge < -0.3 is 13.5 Å². The summed E-state index contributed by atoms with van der Waals surface area (Å²) < 4.78 is 32.7. The van der Waals surface area contributed by atoms with Crippen LogP contribution in [0.15, 0.2) is 39.9 Å². The summed E-state index contributed by atoms with van der Waals surface area (Å²) in [6.45, 7) is 11.0. The summed E-state index contributed by atoms with van der Waals surface area (Å²) in [4.78, 5) is 0. The van der Waals surface area contributed by atoms with Crippen LogP contribution in [-0.2, 0) is 18.0 Å². The van der Waals surface area contributed by atoms with Crippen LogP contribution in [0, 0.1) is 0 Å². The van der Waals surface area contributed by atoms with Gasteiger partial charge in [0.05, 0.1) is 28.9 Å². The lowest BCUT2D eigenvalue weighted by molar-refractivity contribution is 0.191. The molecule has 27 heavy (non-hydrogen) atoms. The summed E-state index contributed by atoms with van der Waals surface area (Å²) in [5, 5.41) is 0.783. The van der Waals surface area contributed by atoms with Crippen molar-refractivity contribution in [1.29, 1.82) is 0 Å². The van der Waals surface area contributed by atoms with Gasteiger partial charge in [0.2, 0.25) is 0 Å². The first-order valence-corrected chi connectivity index (χ1v) is 16.3. The maximum absolute atomic E-state index is 13.7. The van der Waals surface area contributed by atoms with Crippen LogP contribution in [0.5, 0.6) is 0 Å². The van der Waals surface area contributed by atoms with Gasteiger partial charge in [0.25, 0.3) is 0 Å².